The van der Waals surface area contributed by atoms with Crippen LogP contribution >= 0.6 is 0 Å². The Bertz CT molecular complexity index is 331. The number of aryl methyl sites for hydroxylation is 1. The van der Waals surface area contributed by atoms with Crippen LogP contribution in [0, 0.1) is 5.41 Å². The summed E-state index contributed by atoms with van der Waals surface area (Å²) in [4.78, 5) is 10.6. The molecule has 74 valence electrons. The molecule has 0 saturated heterocycles. The molecule has 2 heteroatoms. The zero-order valence-corrected chi connectivity index (χ0v) is 8.42. The van der Waals surface area contributed by atoms with Gasteiger partial charge in [-0.3, -0.25) is 4.79 Å². The Balaban J connectivity index is 2.89. The highest BCUT2D eigenvalue weighted by molar-refractivity contribution is 5.91. The van der Waals surface area contributed by atoms with Crippen molar-refractivity contribution in [2.45, 2.75) is 26.2 Å². The Morgan fingerprint density at radius 2 is 2.14 bits per heavy atom. The highest BCUT2D eigenvalue weighted by atomic mass is 16.1. The third-order valence-electron chi connectivity index (χ3n) is 2.25. The Morgan fingerprint density at radius 1 is 1.36 bits per heavy atom. The Labute approximate surface area is 84.5 Å². The van der Waals surface area contributed by atoms with Crippen LogP contribution in [0.15, 0.2) is 18.2 Å². The van der Waals surface area contributed by atoms with Crippen LogP contribution in [-0.4, -0.2) is 12.5 Å². The molecule has 0 heterocycles. The first-order chi connectivity index (χ1) is 6.81. The van der Waals surface area contributed by atoms with Crippen LogP contribution in [-0.2, 0) is 6.42 Å². The van der Waals surface area contributed by atoms with E-state index in [1.165, 1.54) is 11.8 Å². The predicted octanol–water partition coefficient (Wildman–Crippen LogP) is 2.84. The van der Waals surface area contributed by atoms with Crippen molar-refractivity contribution < 1.29 is 4.79 Å². The van der Waals surface area contributed by atoms with Gasteiger partial charge in [0.15, 0.2) is 6.29 Å². The number of rotatable bonds is 5. The predicted molar refractivity (Wildman–Crippen MR) is 58.3 cm³/mol. The third-order valence-corrected chi connectivity index (χ3v) is 2.25. The Hall–Kier alpha value is -1.44. The summed E-state index contributed by atoms with van der Waals surface area (Å²) in [6.07, 6.45) is 5.37. The number of hydrogen-bond donors (Lipinski definition) is 1. The molecule has 0 bridgehead atoms. The van der Waals surface area contributed by atoms with E-state index in [2.05, 4.69) is 6.92 Å². The summed E-state index contributed by atoms with van der Waals surface area (Å²) in [6, 6.07) is 5.68. The van der Waals surface area contributed by atoms with Gasteiger partial charge in [-0.1, -0.05) is 25.5 Å². The molecule has 2 nitrogen and oxygen atoms in total. The van der Waals surface area contributed by atoms with Crippen LogP contribution in [0.1, 0.15) is 41.3 Å². The van der Waals surface area contributed by atoms with Gasteiger partial charge in [-0.2, -0.15) is 0 Å². The van der Waals surface area contributed by atoms with E-state index in [0.29, 0.717) is 11.1 Å². The van der Waals surface area contributed by atoms with Gasteiger partial charge in [0.2, 0.25) is 0 Å². The van der Waals surface area contributed by atoms with Crippen molar-refractivity contribution in [2.75, 3.05) is 0 Å². The van der Waals surface area contributed by atoms with E-state index in [0.717, 1.165) is 25.5 Å². The maximum atomic E-state index is 10.6. The summed E-state index contributed by atoms with van der Waals surface area (Å²) in [5, 5.41) is 7.18. The minimum atomic E-state index is 0.597. The van der Waals surface area contributed by atoms with Crippen molar-refractivity contribution in [2.24, 2.45) is 0 Å². The lowest BCUT2D eigenvalue weighted by Crippen LogP contribution is -1.93. The quantitative estimate of drug-likeness (QED) is 0.561. The van der Waals surface area contributed by atoms with E-state index >= 15 is 0 Å². The van der Waals surface area contributed by atoms with E-state index in [1.807, 2.05) is 12.1 Å². The number of hydrogen-bond acceptors (Lipinski definition) is 2. The van der Waals surface area contributed by atoms with E-state index < -0.39 is 0 Å². The largest absolute Gasteiger partial charge is 0.308 e. The second-order valence-electron chi connectivity index (χ2n) is 3.33. The van der Waals surface area contributed by atoms with Gasteiger partial charge < -0.3 is 5.41 Å². The first-order valence-electron chi connectivity index (χ1n) is 4.90. The van der Waals surface area contributed by atoms with E-state index in [-0.39, 0.29) is 0 Å². The van der Waals surface area contributed by atoms with Gasteiger partial charge in [0.05, 0.1) is 0 Å². The monoisotopic (exact) mass is 189 g/mol. The van der Waals surface area contributed by atoms with Crippen LogP contribution in [0.5, 0.6) is 0 Å². The van der Waals surface area contributed by atoms with Crippen LogP contribution in [0.3, 0.4) is 0 Å². The molecule has 0 aliphatic heterocycles. The molecule has 1 rings (SSSR count). The second kappa shape index (κ2) is 5.32. The van der Waals surface area contributed by atoms with Gasteiger partial charge in [-0.25, -0.2) is 0 Å². The normalized spacial score (nSPS) is 9.79. The van der Waals surface area contributed by atoms with E-state index in [4.69, 9.17) is 5.41 Å². The smallest absolute Gasteiger partial charge is 0.150 e. The molecule has 1 aromatic carbocycles. The summed E-state index contributed by atoms with van der Waals surface area (Å²) < 4.78 is 0. The fraction of sp³-hybridized carbons (Fsp3) is 0.333. The molecule has 0 saturated carbocycles. The van der Waals surface area contributed by atoms with E-state index in [1.54, 1.807) is 6.07 Å². The molecule has 0 amide bonds. The van der Waals surface area contributed by atoms with Gasteiger partial charge >= 0.3 is 0 Å². The number of benzene rings is 1. The summed E-state index contributed by atoms with van der Waals surface area (Å²) in [6.45, 7) is 2.15. The maximum absolute atomic E-state index is 10.6. The number of aldehydes is 1. The zero-order valence-electron chi connectivity index (χ0n) is 8.42. The van der Waals surface area contributed by atoms with Gasteiger partial charge in [0.25, 0.3) is 0 Å². The SMILES string of the molecule is CCCCc1ccc(C=O)c(C=N)c1. The first-order valence-corrected chi connectivity index (χ1v) is 4.90. The Morgan fingerprint density at radius 3 is 2.71 bits per heavy atom. The molecule has 0 unspecified atom stereocenters. The number of carbonyl (C=O) groups is 1. The van der Waals surface area contributed by atoms with Crippen molar-refractivity contribution in [3.8, 4) is 0 Å². The minimum absolute atomic E-state index is 0.597. The fourth-order valence-electron chi connectivity index (χ4n) is 1.39. The van der Waals surface area contributed by atoms with Crippen molar-refractivity contribution in [1.29, 1.82) is 5.41 Å². The summed E-state index contributed by atoms with van der Waals surface area (Å²) in [7, 11) is 0. The molecular formula is C12H15NO. The number of nitrogens with one attached hydrogen (secondary N) is 1. The summed E-state index contributed by atoms with van der Waals surface area (Å²) >= 11 is 0. The summed E-state index contributed by atoms with van der Waals surface area (Å²) in [5.41, 5.74) is 2.52. The van der Waals surface area contributed by atoms with Crippen molar-refractivity contribution in [1.82, 2.24) is 0 Å². The molecule has 14 heavy (non-hydrogen) atoms. The minimum Gasteiger partial charge on any atom is -0.308 e. The van der Waals surface area contributed by atoms with E-state index in [9.17, 15) is 4.79 Å². The number of carbonyl (C=O) groups excluding carboxylic acids is 1. The molecule has 0 aromatic heterocycles. The number of unbranched alkanes of at least 4 members (excludes halogenated alkanes) is 1. The van der Waals surface area contributed by atoms with Crippen molar-refractivity contribution >= 4 is 12.5 Å². The highest BCUT2D eigenvalue weighted by Crippen LogP contribution is 2.11. The average Bonchev–Trinajstić information content (AvgIpc) is 2.25. The van der Waals surface area contributed by atoms with Crippen molar-refractivity contribution in [3.05, 3.63) is 34.9 Å². The fourth-order valence-corrected chi connectivity index (χ4v) is 1.39. The lowest BCUT2D eigenvalue weighted by Gasteiger charge is -2.03. The second-order valence-corrected chi connectivity index (χ2v) is 3.33. The molecule has 1 aromatic rings. The molecular weight excluding hydrogens is 174 g/mol. The van der Waals surface area contributed by atoms with Crippen LogP contribution in [0.2, 0.25) is 0 Å². The molecule has 0 fully saturated rings. The van der Waals surface area contributed by atoms with Gasteiger partial charge in [0.1, 0.15) is 0 Å². The summed E-state index contributed by atoms with van der Waals surface area (Å²) in [5.74, 6) is 0. The van der Waals surface area contributed by atoms with Gasteiger partial charge in [0, 0.05) is 17.3 Å². The lowest BCUT2D eigenvalue weighted by atomic mass is 10.0. The molecule has 0 radical (unpaired) electrons. The maximum Gasteiger partial charge on any atom is 0.150 e. The molecule has 0 spiro atoms. The van der Waals surface area contributed by atoms with Crippen LogP contribution < -0.4 is 0 Å². The molecule has 1 N–H and O–H groups in total. The van der Waals surface area contributed by atoms with Crippen molar-refractivity contribution in [3.63, 3.8) is 0 Å². The topological polar surface area (TPSA) is 40.9 Å². The average molecular weight is 189 g/mol. The Kier molecular flexibility index (Phi) is 4.05. The first kappa shape index (κ1) is 10.6. The van der Waals surface area contributed by atoms with Gasteiger partial charge in [-0.05, 0) is 24.5 Å². The van der Waals surface area contributed by atoms with Crippen LogP contribution in [0.25, 0.3) is 0 Å². The molecule has 0 aliphatic rings. The lowest BCUT2D eigenvalue weighted by molar-refractivity contribution is 0.112. The van der Waals surface area contributed by atoms with Crippen LogP contribution in [0.4, 0.5) is 0 Å². The standard InChI is InChI=1S/C12H15NO/c1-2-3-4-10-5-6-11(9-14)12(7-10)8-13/h5-9,13H,2-4H2,1H3. The highest BCUT2D eigenvalue weighted by Gasteiger charge is 2.00. The molecule has 0 atom stereocenters. The third kappa shape index (κ3) is 2.52. The molecule has 0 aliphatic carbocycles. The van der Waals surface area contributed by atoms with Gasteiger partial charge in [-0.15, -0.1) is 0 Å². The zero-order chi connectivity index (χ0) is 10.4.